The maximum absolute atomic E-state index is 5.90. The lowest BCUT2D eigenvalue weighted by Gasteiger charge is -2.01. The van der Waals surface area contributed by atoms with Crippen molar-refractivity contribution in [2.24, 2.45) is 0 Å². The van der Waals surface area contributed by atoms with E-state index in [0.717, 1.165) is 32.6 Å². The number of halogens is 1. The van der Waals surface area contributed by atoms with Crippen LogP contribution in [0.3, 0.4) is 0 Å². The molecule has 0 saturated heterocycles. The number of benzene rings is 2. The van der Waals surface area contributed by atoms with Gasteiger partial charge in [-0.2, -0.15) is 0 Å². The van der Waals surface area contributed by atoms with Crippen molar-refractivity contribution in [2.45, 2.75) is 0 Å². The van der Waals surface area contributed by atoms with Crippen molar-refractivity contribution in [1.82, 2.24) is 4.98 Å². The molecule has 0 atom stereocenters. The number of methoxy groups -OCH3 is 1. The van der Waals surface area contributed by atoms with Crippen LogP contribution in [0.2, 0.25) is 5.02 Å². The fourth-order valence-electron chi connectivity index (χ4n) is 1.91. The standard InChI is InChI=1S/C16H12ClNOS/c1-19-14-4-2-3-12(9-14)15-10-20-16(18-15)11-5-7-13(17)8-6-11/h2-10H,1H3. The molecule has 1 aromatic heterocycles. The molecule has 4 heteroatoms. The zero-order valence-electron chi connectivity index (χ0n) is 10.8. The van der Waals surface area contributed by atoms with Crippen molar-refractivity contribution >= 4 is 22.9 Å². The van der Waals surface area contributed by atoms with Gasteiger partial charge in [0, 0.05) is 21.5 Å². The first-order valence-corrected chi connectivity index (χ1v) is 7.38. The maximum Gasteiger partial charge on any atom is 0.124 e. The van der Waals surface area contributed by atoms with E-state index in [-0.39, 0.29) is 0 Å². The lowest BCUT2D eigenvalue weighted by molar-refractivity contribution is 0.415. The second kappa shape index (κ2) is 5.65. The molecule has 2 nitrogen and oxygen atoms in total. The van der Waals surface area contributed by atoms with Crippen molar-refractivity contribution in [3.8, 4) is 27.6 Å². The molecule has 0 fully saturated rings. The molecule has 20 heavy (non-hydrogen) atoms. The van der Waals surface area contributed by atoms with Gasteiger partial charge in [0.15, 0.2) is 0 Å². The van der Waals surface area contributed by atoms with Crippen LogP contribution < -0.4 is 4.74 Å². The maximum atomic E-state index is 5.90. The highest BCUT2D eigenvalue weighted by Gasteiger charge is 2.07. The molecule has 0 amide bonds. The van der Waals surface area contributed by atoms with Gasteiger partial charge in [-0.3, -0.25) is 0 Å². The summed E-state index contributed by atoms with van der Waals surface area (Å²) in [5.74, 6) is 0.837. The molecular formula is C16H12ClNOS. The topological polar surface area (TPSA) is 22.1 Å². The van der Waals surface area contributed by atoms with Gasteiger partial charge in [-0.15, -0.1) is 11.3 Å². The number of ether oxygens (including phenoxy) is 1. The third kappa shape index (κ3) is 2.69. The van der Waals surface area contributed by atoms with Crippen LogP contribution in [0.15, 0.2) is 53.9 Å². The Morgan fingerprint density at radius 2 is 1.85 bits per heavy atom. The molecule has 0 bridgehead atoms. The van der Waals surface area contributed by atoms with Gasteiger partial charge in [-0.1, -0.05) is 35.9 Å². The minimum atomic E-state index is 0.735. The highest BCUT2D eigenvalue weighted by atomic mass is 35.5. The van der Waals surface area contributed by atoms with Crippen molar-refractivity contribution in [1.29, 1.82) is 0 Å². The van der Waals surface area contributed by atoms with E-state index in [9.17, 15) is 0 Å². The van der Waals surface area contributed by atoms with Crippen molar-refractivity contribution in [2.75, 3.05) is 7.11 Å². The van der Waals surface area contributed by atoms with Gasteiger partial charge in [0.25, 0.3) is 0 Å². The van der Waals surface area contributed by atoms with Crippen LogP contribution in [0.1, 0.15) is 0 Å². The molecule has 0 radical (unpaired) electrons. The molecule has 0 aliphatic carbocycles. The van der Waals surface area contributed by atoms with Crippen LogP contribution >= 0.6 is 22.9 Å². The summed E-state index contributed by atoms with van der Waals surface area (Å²) >= 11 is 7.52. The van der Waals surface area contributed by atoms with Gasteiger partial charge >= 0.3 is 0 Å². The number of hydrogen-bond acceptors (Lipinski definition) is 3. The van der Waals surface area contributed by atoms with E-state index in [0.29, 0.717) is 0 Å². The van der Waals surface area contributed by atoms with Crippen LogP contribution in [0, 0.1) is 0 Å². The zero-order chi connectivity index (χ0) is 13.9. The van der Waals surface area contributed by atoms with E-state index in [1.54, 1.807) is 18.4 Å². The molecule has 1 heterocycles. The molecule has 100 valence electrons. The summed E-state index contributed by atoms with van der Waals surface area (Å²) in [6.45, 7) is 0. The van der Waals surface area contributed by atoms with Crippen LogP contribution in [0.4, 0.5) is 0 Å². The van der Waals surface area contributed by atoms with E-state index in [1.807, 2.05) is 48.5 Å². The summed E-state index contributed by atoms with van der Waals surface area (Å²) in [7, 11) is 1.67. The monoisotopic (exact) mass is 301 g/mol. The Morgan fingerprint density at radius 1 is 1.05 bits per heavy atom. The smallest absolute Gasteiger partial charge is 0.124 e. The fourth-order valence-corrected chi connectivity index (χ4v) is 2.88. The van der Waals surface area contributed by atoms with Crippen LogP contribution in [-0.2, 0) is 0 Å². The van der Waals surface area contributed by atoms with Crippen molar-refractivity contribution in [3.63, 3.8) is 0 Å². The molecule has 0 aliphatic heterocycles. The first kappa shape index (κ1) is 13.2. The van der Waals surface area contributed by atoms with Gasteiger partial charge < -0.3 is 4.74 Å². The number of rotatable bonds is 3. The van der Waals surface area contributed by atoms with Crippen molar-refractivity contribution < 1.29 is 4.74 Å². The average molecular weight is 302 g/mol. The molecule has 3 rings (SSSR count). The van der Waals surface area contributed by atoms with Crippen LogP contribution in [0.25, 0.3) is 21.8 Å². The highest BCUT2D eigenvalue weighted by molar-refractivity contribution is 7.13. The summed E-state index contributed by atoms with van der Waals surface area (Å²) in [5.41, 5.74) is 3.09. The molecule has 0 spiro atoms. The van der Waals surface area contributed by atoms with Crippen molar-refractivity contribution in [3.05, 3.63) is 58.9 Å². The van der Waals surface area contributed by atoms with Gasteiger partial charge in [0.2, 0.25) is 0 Å². The van der Waals surface area contributed by atoms with E-state index in [4.69, 9.17) is 16.3 Å². The Hall–Kier alpha value is -1.84. The van der Waals surface area contributed by atoms with Gasteiger partial charge in [0.1, 0.15) is 10.8 Å². The SMILES string of the molecule is COc1cccc(-c2csc(-c3ccc(Cl)cc3)n2)c1. The first-order valence-electron chi connectivity index (χ1n) is 6.12. The molecule has 3 aromatic rings. The molecular weight excluding hydrogens is 290 g/mol. The number of thiazole rings is 1. The highest BCUT2D eigenvalue weighted by Crippen LogP contribution is 2.30. The van der Waals surface area contributed by atoms with Gasteiger partial charge in [0.05, 0.1) is 12.8 Å². The molecule has 2 aromatic carbocycles. The first-order chi connectivity index (χ1) is 9.76. The molecule has 0 aliphatic rings. The third-order valence-electron chi connectivity index (χ3n) is 2.96. The largest absolute Gasteiger partial charge is 0.497 e. The number of hydrogen-bond donors (Lipinski definition) is 0. The normalized spacial score (nSPS) is 10.5. The minimum Gasteiger partial charge on any atom is -0.497 e. The second-order valence-electron chi connectivity index (χ2n) is 4.28. The summed E-state index contributed by atoms with van der Waals surface area (Å²) in [6, 6.07) is 15.6. The molecule has 0 N–H and O–H groups in total. The summed E-state index contributed by atoms with van der Waals surface area (Å²) in [4.78, 5) is 4.68. The number of nitrogens with zero attached hydrogens (tertiary/aromatic N) is 1. The van der Waals surface area contributed by atoms with Gasteiger partial charge in [-0.25, -0.2) is 4.98 Å². The molecule has 0 saturated carbocycles. The summed E-state index contributed by atoms with van der Waals surface area (Å²) in [6.07, 6.45) is 0. The predicted octanol–water partition coefficient (Wildman–Crippen LogP) is 5.14. The number of aromatic nitrogens is 1. The Kier molecular flexibility index (Phi) is 3.72. The quantitative estimate of drug-likeness (QED) is 0.668. The van der Waals surface area contributed by atoms with Gasteiger partial charge in [-0.05, 0) is 24.3 Å². The summed E-state index contributed by atoms with van der Waals surface area (Å²) in [5, 5.41) is 3.77. The summed E-state index contributed by atoms with van der Waals surface area (Å²) < 4.78 is 5.24. The van der Waals surface area contributed by atoms with Crippen LogP contribution in [-0.4, -0.2) is 12.1 Å². The zero-order valence-corrected chi connectivity index (χ0v) is 12.4. The Bertz CT molecular complexity index is 721. The Morgan fingerprint density at radius 3 is 2.60 bits per heavy atom. The second-order valence-corrected chi connectivity index (χ2v) is 5.57. The molecule has 0 unspecified atom stereocenters. The third-order valence-corrected chi connectivity index (χ3v) is 4.10. The average Bonchev–Trinajstić information content (AvgIpc) is 2.98. The van der Waals surface area contributed by atoms with Crippen LogP contribution in [0.5, 0.6) is 5.75 Å². The Balaban J connectivity index is 1.95. The lowest BCUT2D eigenvalue weighted by Crippen LogP contribution is -1.84. The lowest BCUT2D eigenvalue weighted by atomic mass is 10.1. The predicted molar refractivity (Wildman–Crippen MR) is 84.5 cm³/mol. The van der Waals surface area contributed by atoms with E-state index in [1.165, 1.54) is 0 Å². The van der Waals surface area contributed by atoms with E-state index < -0.39 is 0 Å². The Labute approximate surface area is 126 Å². The van der Waals surface area contributed by atoms with E-state index >= 15 is 0 Å². The fraction of sp³-hybridized carbons (Fsp3) is 0.0625. The minimum absolute atomic E-state index is 0.735. The van der Waals surface area contributed by atoms with E-state index in [2.05, 4.69) is 10.4 Å².